The smallest absolute Gasteiger partial charge is 0.287 e. The number of nitrogens with one attached hydrogen (secondary N) is 1. The second kappa shape index (κ2) is 8.44. The van der Waals surface area contributed by atoms with E-state index in [1.54, 1.807) is 30.3 Å². The van der Waals surface area contributed by atoms with Gasteiger partial charge in [0, 0.05) is 6.42 Å². The van der Waals surface area contributed by atoms with Crippen molar-refractivity contribution in [2.45, 2.75) is 12.5 Å². The third kappa shape index (κ3) is 4.37. The summed E-state index contributed by atoms with van der Waals surface area (Å²) in [5, 5.41) is 2.09. The zero-order valence-corrected chi connectivity index (χ0v) is 14.5. The fourth-order valence-electron chi connectivity index (χ4n) is 2.36. The summed E-state index contributed by atoms with van der Waals surface area (Å²) in [4.78, 5) is 35.8. The molecule has 2 aromatic carbocycles. The molecular formula is C18H16ClFN2O4. The van der Waals surface area contributed by atoms with E-state index in [-0.39, 0.29) is 17.2 Å². The van der Waals surface area contributed by atoms with Crippen LogP contribution in [0.1, 0.15) is 15.9 Å². The Kier molecular flexibility index (Phi) is 6.30. The van der Waals surface area contributed by atoms with Gasteiger partial charge in [0.15, 0.2) is 0 Å². The van der Waals surface area contributed by atoms with E-state index in [9.17, 15) is 18.8 Å². The normalized spacial score (nSPS) is 11.5. The Bertz CT molecular complexity index is 843. The van der Waals surface area contributed by atoms with Gasteiger partial charge < -0.3 is 15.8 Å². The van der Waals surface area contributed by atoms with E-state index in [1.165, 1.54) is 13.2 Å². The van der Waals surface area contributed by atoms with Gasteiger partial charge in [-0.2, -0.15) is 0 Å². The fraction of sp³-hybridized carbons (Fsp3) is 0.167. The van der Waals surface area contributed by atoms with Crippen molar-refractivity contribution in [1.29, 1.82) is 0 Å². The van der Waals surface area contributed by atoms with Crippen LogP contribution in [0.15, 0.2) is 42.5 Å². The lowest BCUT2D eigenvalue weighted by Gasteiger charge is -2.17. The summed E-state index contributed by atoms with van der Waals surface area (Å²) < 4.78 is 19.0. The van der Waals surface area contributed by atoms with E-state index in [0.29, 0.717) is 5.56 Å². The number of benzene rings is 2. The minimum atomic E-state index is -1.26. The summed E-state index contributed by atoms with van der Waals surface area (Å²) in [6.07, 6.45) is 0.0115. The van der Waals surface area contributed by atoms with Crippen LogP contribution in [-0.4, -0.2) is 30.7 Å². The van der Waals surface area contributed by atoms with Crippen LogP contribution in [0.2, 0.25) is 5.02 Å². The Hall–Kier alpha value is -2.93. The van der Waals surface area contributed by atoms with Crippen LogP contribution >= 0.6 is 11.6 Å². The van der Waals surface area contributed by atoms with Crippen LogP contribution in [0.4, 0.5) is 4.39 Å². The van der Waals surface area contributed by atoms with Crippen LogP contribution < -0.4 is 15.8 Å². The summed E-state index contributed by atoms with van der Waals surface area (Å²) in [5.41, 5.74) is 5.25. The molecule has 0 aliphatic rings. The number of halogens is 2. The first-order chi connectivity index (χ1) is 12.3. The maximum Gasteiger partial charge on any atom is 0.287 e. The highest BCUT2D eigenvalue weighted by Crippen LogP contribution is 2.30. The maximum absolute atomic E-state index is 14.1. The molecular weight excluding hydrogens is 363 g/mol. The molecule has 6 nitrogen and oxygen atoms in total. The molecule has 0 unspecified atom stereocenters. The Morgan fingerprint density at radius 3 is 2.42 bits per heavy atom. The molecule has 0 heterocycles. The van der Waals surface area contributed by atoms with Crippen LogP contribution in [0.3, 0.4) is 0 Å². The van der Waals surface area contributed by atoms with Gasteiger partial charge in [-0.05, 0) is 17.7 Å². The summed E-state index contributed by atoms with van der Waals surface area (Å²) in [7, 11) is 1.32. The molecule has 0 aliphatic carbocycles. The monoisotopic (exact) mass is 378 g/mol. The number of hydrogen-bond acceptors (Lipinski definition) is 4. The number of carbonyl (C=O) groups excluding carboxylic acids is 3. The third-order valence-electron chi connectivity index (χ3n) is 3.65. The molecule has 0 bridgehead atoms. The Morgan fingerprint density at radius 1 is 1.19 bits per heavy atom. The van der Waals surface area contributed by atoms with Gasteiger partial charge >= 0.3 is 0 Å². The Morgan fingerprint density at radius 2 is 1.85 bits per heavy atom. The third-order valence-corrected chi connectivity index (χ3v) is 4.03. The van der Waals surface area contributed by atoms with Crippen molar-refractivity contribution in [3.05, 3.63) is 64.4 Å². The van der Waals surface area contributed by atoms with E-state index < -0.39 is 35.0 Å². The van der Waals surface area contributed by atoms with Crippen molar-refractivity contribution in [2.75, 3.05) is 7.11 Å². The molecule has 2 aromatic rings. The van der Waals surface area contributed by atoms with Gasteiger partial charge in [0.2, 0.25) is 5.78 Å². The standard InChI is InChI=1S/C18H16ClFN2O4/c1-26-13-8-7-11(20)14(15(13)19)18(25)22-12(16(23)17(21)24)9-10-5-3-2-4-6-10/h2-8,12H,9H2,1H3,(H2,21,24)(H,22,25)/t12-/m0/s1. The van der Waals surface area contributed by atoms with Gasteiger partial charge in [0.1, 0.15) is 17.6 Å². The first kappa shape index (κ1) is 19.4. The summed E-state index contributed by atoms with van der Waals surface area (Å²) in [6.45, 7) is 0. The fourth-order valence-corrected chi connectivity index (χ4v) is 2.68. The number of carbonyl (C=O) groups is 3. The topological polar surface area (TPSA) is 98.5 Å². The van der Waals surface area contributed by atoms with E-state index in [4.69, 9.17) is 22.1 Å². The second-order valence-electron chi connectivity index (χ2n) is 5.38. The van der Waals surface area contributed by atoms with Gasteiger partial charge in [-0.3, -0.25) is 14.4 Å². The number of ketones is 1. The molecule has 26 heavy (non-hydrogen) atoms. The van der Waals surface area contributed by atoms with Crippen LogP contribution in [0.5, 0.6) is 5.75 Å². The predicted molar refractivity (Wildman–Crippen MR) is 93.6 cm³/mol. The molecule has 2 amide bonds. The zero-order chi connectivity index (χ0) is 19.3. The number of nitrogens with two attached hydrogens (primary N) is 1. The molecule has 0 spiro atoms. The van der Waals surface area contributed by atoms with E-state index >= 15 is 0 Å². The maximum atomic E-state index is 14.1. The Labute approximate surface area is 154 Å². The minimum Gasteiger partial charge on any atom is -0.495 e. The van der Waals surface area contributed by atoms with E-state index in [2.05, 4.69) is 5.32 Å². The quantitative estimate of drug-likeness (QED) is 0.719. The molecule has 3 N–H and O–H groups in total. The second-order valence-corrected chi connectivity index (χ2v) is 5.76. The number of methoxy groups -OCH3 is 1. The van der Waals surface area contributed by atoms with Crippen molar-refractivity contribution in [1.82, 2.24) is 5.32 Å². The van der Waals surface area contributed by atoms with Crippen molar-refractivity contribution in [3.8, 4) is 5.75 Å². The average Bonchev–Trinajstić information content (AvgIpc) is 2.61. The molecule has 2 rings (SSSR count). The van der Waals surface area contributed by atoms with Crippen LogP contribution in [-0.2, 0) is 16.0 Å². The van der Waals surface area contributed by atoms with Crippen LogP contribution in [0, 0.1) is 5.82 Å². The molecule has 0 fully saturated rings. The molecule has 8 heteroatoms. The van der Waals surface area contributed by atoms with Gasteiger partial charge in [-0.1, -0.05) is 41.9 Å². The first-order valence-corrected chi connectivity index (χ1v) is 7.93. The minimum absolute atomic E-state index is 0.0115. The molecule has 0 saturated heterocycles. The molecule has 0 aliphatic heterocycles. The van der Waals surface area contributed by atoms with Crippen molar-refractivity contribution in [3.63, 3.8) is 0 Å². The van der Waals surface area contributed by atoms with Crippen molar-refractivity contribution >= 4 is 29.2 Å². The predicted octanol–water partition coefficient (Wildman–Crippen LogP) is 1.88. The summed E-state index contributed by atoms with van der Waals surface area (Å²) in [6, 6.07) is 9.70. The van der Waals surface area contributed by atoms with Gasteiger partial charge in [-0.25, -0.2) is 4.39 Å². The number of hydrogen-bond donors (Lipinski definition) is 2. The SMILES string of the molecule is COc1ccc(F)c(C(=O)N[C@@H](Cc2ccccc2)C(=O)C(N)=O)c1Cl. The molecule has 0 radical (unpaired) electrons. The lowest BCUT2D eigenvalue weighted by molar-refractivity contribution is -0.137. The molecule has 1 atom stereocenters. The van der Waals surface area contributed by atoms with Gasteiger partial charge in [0.05, 0.1) is 17.7 Å². The van der Waals surface area contributed by atoms with Gasteiger partial charge in [0.25, 0.3) is 11.8 Å². The number of ether oxygens (including phenoxy) is 1. The van der Waals surface area contributed by atoms with Gasteiger partial charge in [-0.15, -0.1) is 0 Å². The molecule has 136 valence electrons. The van der Waals surface area contributed by atoms with Crippen molar-refractivity contribution < 1.29 is 23.5 Å². The highest BCUT2D eigenvalue weighted by molar-refractivity contribution is 6.38. The number of amides is 2. The Balaban J connectivity index is 2.32. The lowest BCUT2D eigenvalue weighted by Crippen LogP contribution is -2.47. The highest BCUT2D eigenvalue weighted by atomic mass is 35.5. The highest BCUT2D eigenvalue weighted by Gasteiger charge is 2.28. The number of rotatable bonds is 7. The molecule has 0 aromatic heterocycles. The lowest BCUT2D eigenvalue weighted by atomic mass is 10.0. The average molecular weight is 379 g/mol. The van der Waals surface area contributed by atoms with E-state index in [0.717, 1.165) is 6.07 Å². The van der Waals surface area contributed by atoms with Crippen LogP contribution in [0.25, 0.3) is 0 Å². The largest absolute Gasteiger partial charge is 0.495 e. The molecule has 0 saturated carbocycles. The number of Topliss-reactive ketones (excluding diaryl/α,β-unsaturated/α-hetero) is 1. The summed E-state index contributed by atoms with van der Waals surface area (Å²) in [5.74, 6) is -3.95. The van der Waals surface area contributed by atoms with E-state index in [1.807, 2.05) is 0 Å². The van der Waals surface area contributed by atoms with Crippen molar-refractivity contribution in [2.24, 2.45) is 5.73 Å². The first-order valence-electron chi connectivity index (χ1n) is 7.55. The zero-order valence-electron chi connectivity index (χ0n) is 13.8. The summed E-state index contributed by atoms with van der Waals surface area (Å²) >= 11 is 5.99. The number of primary amides is 1.